The first kappa shape index (κ1) is 16.5. The lowest BCUT2D eigenvalue weighted by molar-refractivity contribution is -0.134. The highest BCUT2D eigenvalue weighted by atomic mass is 16.5. The number of hydrogen-bond acceptors (Lipinski definition) is 4. The Morgan fingerprint density at radius 1 is 1.20 bits per heavy atom. The van der Waals surface area contributed by atoms with Crippen molar-refractivity contribution in [2.75, 3.05) is 44.7 Å². The van der Waals surface area contributed by atoms with Crippen LogP contribution in [0.1, 0.15) is 24.8 Å². The third kappa shape index (κ3) is 3.16. The van der Waals surface area contributed by atoms with Crippen LogP contribution in [0.3, 0.4) is 0 Å². The lowest BCUT2D eigenvalue weighted by Crippen LogP contribution is -2.47. The fourth-order valence-corrected chi connectivity index (χ4v) is 4.37. The van der Waals surface area contributed by atoms with E-state index in [1.54, 1.807) is 0 Å². The third-order valence-corrected chi connectivity index (χ3v) is 5.70. The fraction of sp³-hybridized carbons (Fsp3) is 0.579. The topological polar surface area (TPSA) is 61.9 Å². The third-order valence-electron chi connectivity index (χ3n) is 5.70. The largest absolute Gasteiger partial charge is 0.379 e. The summed E-state index contributed by atoms with van der Waals surface area (Å²) in [5.74, 6) is 0.0919. The first-order valence-corrected chi connectivity index (χ1v) is 9.13. The predicted octanol–water partition coefficient (Wildman–Crippen LogP) is 1.29. The van der Waals surface area contributed by atoms with Crippen molar-refractivity contribution in [3.63, 3.8) is 0 Å². The first-order valence-electron chi connectivity index (χ1n) is 9.13. The van der Waals surface area contributed by atoms with Crippen molar-refractivity contribution in [1.29, 1.82) is 0 Å². The molecule has 2 amide bonds. The summed E-state index contributed by atoms with van der Waals surface area (Å²) in [6, 6.07) is 8.03. The maximum absolute atomic E-state index is 13.2. The Labute approximate surface area is 148 Å². The van der Waals surface area contributed by atoms with Crippen LogP contribution in [0.25, 0.3) is 0 Å². The summed E-state index contributed by atoms with van der Waals surface area (Å²) < 4.78 is 5.45. The van der Waals surface area contributed by atoms with Crippen molar-refractivity contribution < 1.29 is 14.3 Å². The Bertz CT molecular complexity index is 672. The van der Waals surface area contributed by atoms with Gasteiger partial charge in [-0.3, -0.25) is 14.5 Å². The zero-order valence-electron chi connectivity index (χ0n) is 14.6. The van der Waals surface area contributed by atoms with Crippen molar-refractivity contribution >= 4 is 17.5 Å². The molecular weight excluding hydrogens is 318 g/mol. The van der Waals surface area contributed by atoms with Crippen LogP contribution in [0.15, 0.2) is 24.3 Å². The molecule has 0 spiro atoms. The van der Waals surface area contributed by atoms with Gasteiger partial charge < -0.3 is 15.0 Å². The van der Waals surface area contributed by atoms with Gasteiger partial charge in [0.2, 0.25) is 11.8 Å². The summed E-state index contributed by atoms with van der Waals surface area (Å²) >= 11 is 0. The number of ether oxygens (including phenoxy) is 1. The molecule has 0 saturated carbocycles. The molecular formula is C19H25N3O3. The number of carbonyl (C=O) groups excluding carboxylic acids is 2. The quantitative estimate of drug-likeness (QED) is 0.879. The highest BCUT2D eigenvalue weighted by Gasteiger charge is 2.40. The number of rotatable bonds is 2. The van der Waals surface area contributed by atoms with Gasteiger partial charge in [-0.25, -0.2) is 0 Å². The highest BCUT2D eigenvalue weighted by molar-refractivity contribution is 6.01. The molecule has 3 atom stereocenters. The number of hydrogen-bond donors (Lipinski definition) is 1. The minimum absolute atomic E-state index is 0.0750. The average molecular weight is 343 g/mol. The lowest BCUT2D eigenvalue weighted by Gasteiger charge is -2.34. The number of nitrogens with one attached hydrogen (secondary N) is 1. The van der Waals surface area contributed by atoms with Crippen LogP contribution in [-0.4, -0.2) is 67.0 Å². The van der Waals surface area contributed by atoms with Crippen molar-refractivity contribution in [2.45, 2.75) is 25.3 Å². The molecule has 0 radical (unpaired) electrons. The van der Waals surface area contributed by atoms with Crippen molar-refractivity contribution in [3.8, 4) is 0 Å². The maximum Gasteiger partial charge on any atom is 0.230 e. The van der Waals surface area contributed by atoms with Gasteiger partial charge in [-0.15, -0.1) is 0 Å². The van der Waals surface area contributed by atoms with Gasteiger partial charge in [0.15, 0.2) is 0 Å². The Balaban J connectivity index is 1.51. The molecule has 0 aliphatic carbocycles. The normalized spacial score (nSPS) is 30.0. The number of carbonyl (C=O) groups is 2. The van der Waals surface area contributed by atoms with Crippen molar-refractivity contribution in [1.82, 2.24) is 9.80 Å². The molecule has 3 heterocycles. The number of morpholine rings is 1. The zero-order valence-corrected chi connectivity index (χ0v) is 14.6. The first-order chi connectivity index (χ1) is 12.1. The van der Waals surface area contributed by atoms with E-state index in [0.29, 0.717) is 12.0 Å². The van der Waals surface area contributed by atoms with Gasteiger partial charge in [0.05, 0.1) is 19.1 Å². The Kier molecular flexibility index (Phi) is 4.48. The molecule has 1 aromatic rings. The summed E-state index contributed by atoms with van der Waals surface area (Å²) in [7, 11) is 0. The molecule has 3 aliphatic rings. The standard InChI is InChI=1S/C19H25N3O3/c1-13-11-22(12-17(13)21-6-8-25-9-7-21)19(24)15-10-18(23)20-16-5-3-2-4-14(15)16/h2-5,13,15,17H,6-12H2,1H3,(H,20,23)/t13-,15-,17+/m1/s1. The number of anilines is 1. The van der Waals surface area contributed by atoms with Gasteiger partial charge in [-0.1, -0.05) is 25.1 Å². The van der Waals surface area contributed by atoms with Gasteiger partial charge >= 0.3 is 0 Å². The van der Waals surface area contributed by atoms with E-state index in [0.717, 1.165) is 50.6 Å². The predicted molar refractivity (Wildman–Crippen MR) is 94.4 cm³/mol. The van der Waals surface area contributed by atoms with Crippen LogP contribution in [0.5, 0.6) is 0 Å². The summed E-state index contributed by atoms with van der Waals surface area (Å²) in [5.41, 5.74) is 1.71. The van der Waals surface area contributed by atoms with Gasteiger partial charge in [0.25, 0.3) is 0 Å². The second-order valence-electron chi connectivity index (χ2n) is 7.33. The average Bonchev–Trinajstić information content (AvgIpc) is 3.03. The van der Waals surface area contributed by atoms with E-state index in [-0.39, 0.29) is 24.2 Å². The Morgan fingerprint density at radius 3 is 2.76 bits per heavy atom. The number of para-hydroxylation sites is 1. The number of benzene rings is 1. The minimum Gasteiger partial charge on any atom is -0.379 e. The van der Waals surface area contributed by atoms with Crippen molar-refractivity contribution in [2.24, 2.45) is 5.92 Å². The number of amides is 2. The van der Waals surface area contributed by atoms with Gasteiger partial charge in [-0.2, -0.15) is 0 Å². The van der Waals surface area contributed by atoms with Gasteiger partial charge in [0, 0.05) is 44.3 Å². The minimum atomic E-state index is -0.361. The summed E-state index contributed by atoms with van der Waals surface area (Å²) in [4.78, 5) is 29.6. The van der Waals surface area contributed by atoms with Gasteiger partial charge in [0.1, 0.15) is 0 Å². The molecule has 2 fully saturated rings. The maximum atomic E-state index is 13.2. The van der Waals surface area contributed by atoms with Crippen LogP contribution in [0.2, 0.25) is 0 Å². The zero-order chi connectivity index (χ0) is 17.4. The smallest absolute Gasteiger partial charge is 0.230 e. The van der Waals surface area contributed by atoms with Gasteiger partial charge in [-0.05, 0) is 17.5 Å². The molecule has 3 aliphatic heterocycles. The molecule has 134 valence electrons. The fourth-order valence-electron chi connectivity index (χ4n) is 4.37. The van der Waals surface area contributed by atoms with Crippen LogP contribution in [0.4, 0.5) is 5.69 Å². The molecule has 0 bridgehead atoms. The molecule has 1 aromatic carbocycles. The van der Waals surface area contributed by atoms with E-state index in [1.807, 2.05) is 29.2 Å². The SMILES string of the molecule is C[C@@H]1CN(C(=O)[C@@H]2CC(=O)Nc3ccccc32)C[C@@H]1N1CCOCC1. The van der Waals surface area contributed by atoms with Crippen LogP contribution in [-0.2, 0) is 14.3 Å². The van der Waals surface area contributed by atoms with E-state index in [4.69, 9.17) is 4.74 Å². The van der Waals surface area contributed by atoms with E-state index in [1.165, 1.54) is 0 Å². The summed E-state index contributed by atoms with van der Waals surface area (Å²) in [6.45, 7) is 7.15. The second-order valence-corrected chi connectivity index (χ2v) is 7.33. The highest BCUT2D eigenvalue weighted by Crippen LogP contribution is 2.35. The van der Waals surface area contributed by atoms with E-state index >= 15 is 0 Å². The number of fused-ring (bicyclic) bond motifs is 1. The molecule has 0 aromatic heterocycles. The van der Waals surface area contributed by atoms with Crippen molar-refractivity contribution in [3.05, 3.63) is 29.8 Å². The lowest BCUT2D eigenvalue weighted by atomic mass is 9.89. The molecule has 2 saturated heterocycles. The molecule has 1 N–H and O–H groups in total. The summed E-state index contributed by atoms with van der Waals surface area (Å²) in [6.07, 6.45) is 0.239. The number of likely N-dealkylation sites (tertiary alicyclic amines) is 1. The number of nitrogens with zero attached hydrogens (tertiary/aromatic N) is 2. The Morgan fingerprint density at radius 2 is 1.96 bits per heavy atom. The molecule has 6 heteroatoms. The van der Waals surface area contributed by atoms with Crippen LogP contribution < -0.4 is 5.32 Å². The molecule has 25 heavy (non-hydrogen) atoms. The Hall–Kier alpha value is -1.92. The molecule has 6 nitrogen and oxygen atoms in total. The van der Waals surface area contributed by atoms with E-state index in [2.05, 4.69) is 17.1 Å². The monoisotopic (exact) mass is 343 g/mol. The molecule has 4 rings (SSSR count). The molecule has 0 unspecified atom stereocenters. The second kappa shape index (κ2) is 6.77. The summed E-state index contributed by atoms with van der Waals surface area (Å²) in [5, 5.41) is 2.87. The van der Waals surface area contributed by atoms with E-state index in [9.17, 15) is 9.59 Å². The van der Waals surface area contributed by atoms with E-state index < -0.39 is 0 Å². The van der Waals surface area contributed by atoms with Crippen LogP contribution in [0, 0.1) is 5.92 Å². The van der Waals surface area contributed by atoms with Crippen LogP contribution >= 0.6 is 0 Å².